The number of hydrogen-bond acceptors (Lipinski definition) is 2. The van der Waals surface area contributed by atoms with Crippen LogP contribution in [0, 0.1) is 11.8 Å². The third-order valence-corrected chi connectivity index (χ3v) is 5.03. The van der Waals surface area contributed by atoms with Gasteiger partial charge in [-0.05, 0) is 48.9 Å². The number of benzene rings is 1. The first kappa shape index (κ1) is 15.1. The summed E-state index contributed by atoms with van der Waals surface area (Å²) in [6.45, 7) is 0.583. The molecule has 0 aromatic heterocycles. The van der Waals surface area contributed by atoms with Gasteiger partial charge in [0.1, 0.15) is 0 Å². The molecular weight excluding hydrogens is 309 g/mol. The van der Waals surface area contributed by atoms with Crippen LogP contribution in [-0.4, -0.2) is 23.7 Å². The van der Waals surface area contributed by atoms with E-state index in [2.05, 4.69) is 5.32 Å². The lowest BCUT2D eigenvalue weighted by Crippen LogP contribution is -2.33. The van der Waals surface area contributed by atoms with Gasteiger partial charge in [0.25, 0.3) is 0 Å². The first-order valence-corrected chi connectivity index (χ1v) is 8.22. The molecule has 1 amide bonds. The molecule has 3 nitrogen and oxygen atoms in total. The van der Waals surface area contributed by atoms with E-state index in [1.165, 1.54) is 0 Å². The SMILES string of the molecule is O=C(NCC1CCCC1O)C1CC1c1cc(Cl)cc(Cl)c1. The van der Waals surface area contributed by atoms with Crippen molar-refractivity contribution >= 4 is 29.1 Å². The van der Waals surface area contributed by atoms with Gasteiger partial charge in [0, 0.05) is 28.4 Å². The maximum atomic E-state index is 12.2. The number of carbonyl (C=O) groups is 1. The smallest absolute Gasteiger partial charge is 0.223 e. The summed E-state index contributed by atoms with van der Waals surface area (Å²) in [4.78, 5) is 12.2. The predicted molar refractivity (Wildman–Crippen MR) is 83.7 cm³/mol. The molecule has 2 aliphatic carbocycles. The second kappa shape index (κ2) is 6.15. The van der Waals surface area contributed by atoms with E-state index in [1.54, 1.807) is 6.07 Å². The molecule has 21 heavy (non-hydrogen) atoms. The number of carbonyl (C=O) groups excluding carboxylic acids is 1. The molecule has 2 fully saturated rings. The van der Waals surface area contributed by atoms with Crippen molar-refractivity contribution in [1.82, 2.24) is 5.32 Å². The molecule has 1 aromatic rings. The van der Waals surface area contributed by atoms with Gasteiger partial charge in [-0.2, -0.15) is 0 Å². The third-order valence-electron chi connectivity index (χ3n) is 4.60. The van der Waals surface area contributed by atoms with Crippen LogP contribution in [0.2, 0.25) is 10.0 Å². The van der Waals surface area contributed by atoms with Gasteiger partial charge in [-0.1, -0.05) is 29.6 Å². The van der Waals surface area contributed by atoms with E-state index in [-0.39, 0.29) is 29.8 Å². The van der Waals surface area contributed by atoms with Crippen molar-refractivity contribution < 1.29 is 9.90 Å². The average Bonchev–Trinajstić information content (AvgIpc) is 3.12. The number of rotatable bonds is 4. The summed E-state index contributed by atoms with van der Waals surface area (Å²) in [5, 5.41) is 14.0. The Kier molecular flexibility index (Phi) is 4.43. The van der Waals surface area contributed by atoms with Gasteiger partial charge in [-0.3, -0.25) is 4.79 Å². The van der Waals surface area contributed by atoms with Gasteiger partial charge >= 0.3 is 0 Å². The highest BCUT2D eigenvalue weighted by Crippen LogP contribution is 2.48. The normalized spacial score (nSPS) is 31.2. The number of aliphatic hydroxyl groups is 1. The van der Waals surface area contributed by atoms with Crippen LogP contribution in [0.4, 0.5) is 0 Å². The highest BCUT2D eigenvalue weighted by Gasteiger charge is 2.44. The Bertz CT molecular complexity index is 529. The summed E-state index contributed by atoms with van der Waals surface area (Å²) in [7, 11) is 0. The molecule has 0 radical (unpaired) electrons. The molecule has 0 heterocycles. The second-order valence-electron chi connectivity index (χ2n) is 6.15. The van der Waals surface area contributed by atoms with Crippen molar-refractivity contribution in [1.29, 1.82) is 0 Å². The summed E-state index contributed by atoms with van der Waals surface area (Å²) < 4.78 is 0. The number of hydrogen-bond donors (Lipinski definition) is 2. The van der Waals surface area contributed by atoms with Gasteiger partial charge < -0.3 is 10.4 Å². The van der Waals surface area contributed by atoms with Crippen molar-refractivity contribution in [2.75, 3.05) is 6.54 Å². The summed E-state index contributed by atoms with van der Waals surface area (Å²) >= 11 is 12.0. The summed E-state index contributed by atoms with van der Waals surface area (Å²) in [5.74, 6) is 0.523. The molecule has 4 unspecified atom stereocenters. The van der Waals surface area contributed by atoms with Crippen LogP contribution in [0.5, 0.6) is 0 Å². The number of amides is 1. The fourth-order valence-electron chi connectivity index (χ4n) is 3.26. The fourth-order valence-corrected chi connectivity index (χ4v) is 3.80. The van der Waals surface area contributed by atoms with E-state index in [9.17, 15) is 9.90 Å². The van der Waals surface area contributed by atoms with E-state index >= 15 is 0 Å². The molecule has 3 rings (SSSR count). The molecule has 0 spiro atoms. The molecule has 4 atom stereocenters. The zero-order valence-corrected chi connectivity index (χ0v) is 13.2. The maximum Gasteiger partial charge on any atom is 0.223 e. The number of halogens is 2. The Morgan fingerprint density at radius 2 is 1.95 bits per heavy atom. The number of nitrogens with one attached hydrogen (secondary N) is 1. The number of aliphatic hydroxyl groups excluding tert-OH is 1. The van der Waals surface area contributed by atoms with Crippen LogP contribution in [0.3, 0.4) is 0 Å². The zero-order chi connectivity index (χ0) is 15.0. The minimum absolute atomic E-state index is 0.0121. The molecule has 5 heteroatoms. The lowest BCUT2D eigenvalue weighted by Gasteiger charge is -2.15. The highest BCUT2D eigenvalue weighted by molar-refractivity contribution is 6.34. The van der Waals surface area contributed by atoms with Gasteiger partial charge in [-0.25, -0.2) is 0 Å². The van der Waals surface area contributed by atoms with Crippen molar-refractivity contribution in [2.45, 2.75) is 37.7 Å². The van der Waals surface area contributed by atoms with Gasteiger partial charge in [0.2, 0.25) is 5.91 Å². The van der Waals surface area contributed by atoms with Crippen LogP contribution in [0.15, 0.2) is 18.2 Å². The summed E-state index contributed by atoms with van der Waals surface area (Å²) in [6, 6.07) is 5.46. The van der Waals surface area contributed by atoms with E-state index in [0.29, 0.717) is 16.6 Å². The minimum atomic E-state index is -0.257. The largest absolute Gasteiger partial charge is 0.393 e. The minimum Gasteiger partial charge on any atom is -0.393 e. The quantitative estimate of drug-likeness (QED) is 0.890. The fraction of sp³-hybridized carbons (Fsp3) is 0.562. The van der Waals surface area contributed by atoms with Crippen LogP contribution in [0.25, 0.3) is 0 Å². The molecule has 0 aliphatic heterocycles. The van der Waals surface area contributed by atoms with Crippen LogP contribution < -0.4 is 5.32 Å². The van der Waals surface area contributed by atoms with Crippen LogP contribution >= 0.6 is 23.2 Å². The molecule has 2 aliphatic rings. The molecular formula is C16H19Cl2NO2. The first-order chi connectivity index (χ1) is 10.0. The van der Waals surface area contributed by atoms with Gasteiger partial charge in [-0.15, -0.1) is 0 Å². The van der Waals surface area contributed by atoms with Crippen molar-refractivity contribution in [3.8, 4) is 0 Å². The third kappa shape index (κ3) is 3.53. The van der Waals surface area contributed by atoms with E-state index < -0.39 is 0 Å². The van der Waals surface area contributed by atoms with Gasteiger partial charge in [0.05, 0.1) is 6.10 Å². The standard InChI is InChI=1S/C16H19Cl2NO2/c17-11-4-10(5-12(18)6-11)13-7-14(13)16(21)19-8-9-2-1-3-15(9)20/h4-6,9,13-15,20H,1-3,7-8H2,(H,19,21). The summed E-state index contributed by atoms with van der Waals surface area (Å²) in [5.41, 5.74) is 1.04. The summed E-state index contributed by atoms with van der Waals surface area (Å²) in [6.07, 6.45) is 3.49. The zero-order valence-electron chi connectivity index (χ0n) is 11.7. The van der Waals surface area contributed by atoms with Crippen molar-refractivity contribution in [3.05, 3.63) is 33.8 Å². The monoisotopic (exact) mass is 327 g/mol. The average molecular weight is 328 g/mol. The Hall–Kier alpha value is -0.770. The Morgan fingerprint density at radius 3 is 2.57 bits per heavy atom. The lowest BCUT2D eigenvalue weighted by atomic mass is 10.1. The first-order valence-electron chi connectivity index (χ1n) is 7.46. The van der Waals surface area contributed by atoms with E-state index in [0.717, 1.165) is 31.2 Å². The highest BCUT2D eigenvalue weighted by atomic mass is 35.5. The Balaban J connectivity index is 1.53. The van der Waals surface area contributed by atoms with Crippen LogP contribution in [-0.2, 0) is 4.79 Å². The molecule has 0 bridgehead atoms. The van der Waals surface area contributed by atoms with E-state index in [1.807, 2.05) is 12.1 Å². The van der Waals surface area contributed by atoms with Crippen molar-refractivity contribution in [2.24, 2.45) is 11.8 Å². The lowest BCUT2D eigenvalue weighted by molar-refractivity contribution is -0.122. The molecule has 1 aromatic carbocycles. The predicted octanol–water partition coefficient (Wildman–Crippen LogP) is 3.37. The maximum absolute atomic E-state index is 12.2. The second-order valence-corrected chi connectivity index (χ2v) is 7.03. The van der Waals surface area contributed by atoms with Crippen molar-refractivity contribution in [3.63, 3.8) is 0 Å². The van der Waals surface area contributed by atoms with Crippen LogP contribution in [0.1, 0.15) is 37.2 Å². The van der Waals surface area contributed by atoms with Gasteiger partial charge in [0.15, 0.2) is 0 Å². The molecule has 114 valence electrons. The Morgan fingerprint density at radius 1 is 1.24 bits per heavy atom. The Labute approximate surface area is 134 Å². The molecule has 0 saturated heterocycles. The van der Waals surface area contributed by atoms with E-state index in [4.69, 9.17) is 23.2 Å². The molecule has 2 saturated carbocycles. The molecule has 2 N–H and O–H groups in total. The topological polar surface area (TPSA) is 49.3 Å².